The number of carboxylic acid groups (broad SMARTS) is 1. The molecule has 34 heavy (non-hydrogen) atoms. The fourth-order valence-electron chi connectivity index (χ4n) is 3.88. The second-order valence-corrected chi connectivity index (χ2v) is 11.4. The predicted octanol–water partition coefficient (Wildman–Crippen LogP) is 5.45. The number of ether oxygens (including phenoxy) is 1. The third kappa shape index (κ3) is 9.23. The second-order valence-electron chi connectivity index (χ2n) is 10.3. The molecule has 3 atom stereocenters. The molecule has 0 aliphatic heterocycles. The first-order chi connectivity index (χ1) is 15.8. The average molecular weight is 492 g/mol. The van der Waals surface area contributed by atoms with Crippen LogP contribution in [0.1, 0.15) is 92.8 Å². The molecule has 0 spiro atoms. The maximum atomic E-state index is 12.7. The molecular weight excluding hydrogens is 450 g/mol. The van der Waals surface area contributed by atoms with Gasteiger partial charge in [0.2, 0.25) is 5.91 Å². The number of aldehydes is 1. The number of thiophene rings is 1. The zero-order valence-electron chi connectivity index (χ0n) is 21.9. The summed E-state index contributed by atoms with van der Waals surface area (Å²) < 4.78 is 5.31. The van der Waals surface area contributed by atoms with Gasteiger partial charge in [-0.1, -0.05) is 50.9 Å². The molecule has 1 aliphatic rings. The first-order valence-electron chi connectivity index (χ1n) is 11.9. The van der Waals surface area contributed by atoms with Gasteiger partial charge in [-0.05, 0) is 45.2 Å². The van der Waals surface area contributed by atoms with Crippen molar-refractivity contribution in [2.24, 2.45) is 17.3 Å². The zero-order chi connectivity index (χ0) is 26.1. The lowest BCUT2D eigenvalue weighted by Crippen LogP contribution is -2.41. The molecule has 1 aliphatic carbocycles. The van der Waals surface area contributed by atoms with Crippen LogP contribution in [0, 0.1) is 29.1 Å². The topological polar surface area (TPSA) is 83.9 Å². The number of rotatable bonds is 7. The molecule has 1 amide bonds. The Morgan fingerprint density at radius 1 is 1.24 bits per heavy atom. The number of hydrogen-bond donors (Lipinski definition) is 1. The number of hydrogen-bond acceptors (Lipinski definition) is 5. The molecule has 0 aromatic carbocycles. The summed E-state index contributed by atoms with van der Waals surface area (Å²) in [5.74, 6) is 3.85. The molecule has 0 bridgehead atoms. The van der Waals surface area contributed by atoms with Crippen molar-refractivity contribution >= 4 is 29.5 Å². The van der Waals surface area contributed by atoms with Gasteiger partial charge in [0, 0.05) is 26.6 Å². The molecule has 2 rings (SSSR count). The summed E-state index contributed by atoms with van der Waals surface area (Å²) in [5.41, 5.74) is 0.0517. The molecule has 190 valence electrons. The third-order valence-electron chi connectivity index (χ3n) is 5.91. The van der Waals surface area contributed by atoms with Crippen LogP contribution in [0.25, 0.3) is 0 Å². The first kappa shape index (κ1) is 29.9. The molecule has 0 saturated heterocycles. The van der Waals surface area contributed by atoms with Crippen molar-refractivity contribution in [1.82, 2.24) is 4.90 Å². The van der Waals surface area contributed by atoms with Crippen molar-refractivity contribution in [3.63, 3.8) is 0 Å². The van der Waals surface area contributed by atoms with Crippen LogP contribution >= 0.6 is 11.3 Å². The number of aromatic carboxylic acids is 1. The van der Waals surface area contributed by atoms with Crippen LogP contribution in [-0.4, -0.2) is 55.5 Å². The monoisotopic (exact) mass is 491 g/mol. The van der Waals surface area contributed by atoms with Gasteiger partial charge in [-0.3, -0.25) is 4.79 Å². The summed E-state index contributed by atoms with van der Waals surface area (Å²) in [5, 5.41) is 9.60. The van der Waals surface area contributed by atoms with Gasteiger partial charge in [0.15, 0.2) is 0 Å². The summed E-state index contributed by atoms with van der Waals surface area (Å²) >= 11 is 1.01. The number of carbonyl (C=O) groups excluding carboxylic acids is 2. The summed E-state index contributed by atoms with van der Waals surface area (Å²) in [7, 11) is 4.63. The number of nitrogens with zero attached hydrogens (tertiary/aromatic N) is 1. The van der Waals surface area contributed by atoms with Crippen LogP contribution < -0.4 is 0 Å². The zero-order valence-corrected chi connectivity index (χ0v) is 22.8. The van der Waals surface area contributed by atoms with Gasteiger partial charge in [-0.25, -0.2) is 4.79 Å². The van der Waals surface area contributed by atoms with Crippen LogP contribution in [0.4, 0.5) is 0 Å². The molecule has 1 aromatic rings. The largest absolute Gasteiger partial charge is 0.477 e. The number of carboxylic acids is 1. The quantitative estimate of drug-likeness (QED) is 0.405. The first-order valence-corrected chi connectivity index (χ1v) is 12.7. The van der Waals surface area contributed by atoms with Gasteiger partial charge in [0.25, 0.3) is 0 Å². The summed E-state index contributed by atoms with van der Waals surface area (Å²) in [6.07, 6.45) is 7.49. The van der Waals surface area contributed by atoms with E-state index in [0.29, 0.717) is 16.7 Å². The molecule has 0 radical (unpaired) electrons. The van der Waals surface area contributed by atoms with Crippen LogP contribution in [0.2, 0.25) is 0 Å². The fourth-order valence-corrected chi connectivity index (χ4v) is 4.79. The van der Waals surface area contributed by atoms with Gasteiger partial charge in [0.05, 0.1) is 22.8 Å². The fraction of sp³-hybridized carbons (Fsp3) is 0.667. The molecule has 1 fully saturated rings. The number of methoxy groups -OCH3 is 1. The summed E-state index contributed by atoms with van der Waals surface area (Å²) in [4.78, 5) is 38.3. The van der Waals surface area contributed by atoms with E-state index in [1.807, 2.05) is 20.8 Å². The van der Waals surface area contributed by atoms with E-state index in [4.69, 9.17) is 4.74 Å². The minimum atomic E-state index is -1.15. The standard InChI is InChI=1S/C20H27NO5S.C7H14/c1-12(26-7)16(18(23)21(5)6)15(11-22)14-10-13(8-9-20(2,3)4)27-17(14)19(24)25;1-7-5-3-2-4-6-7/h10-12,15-16H,1-7H3,(H,24,25);7H,2-6H2,1H3/t12?,15?,16-;/m0./s1. The SMILES string of the molecule is CC1CCCCC1.COC(C)[C@H](C(=O)N(C)C)C(C=O)c1cc(C#CC(C)(C)C)sc1C(=O)O. The van der Waals surface area contributed by atoms with Crippen LogP contribution in [-0.2, 0) is 14.3 Å². The Hall–Kier alpha value is -2.17. The predicted molar refractivity (Wildman–Crippen MR) is 137 cm³/mol. The molecule has 1 heterocycles. The Morgan fingerprint density at radius 2 is 1.82 bits per heavy atom. The lowest BCUT2D eigenvalue weighted by molar-refractivity contribution is -0.140. The summed E-state index contributed by atoms with van der Waals surface area (Å²) in [6.45, 7) is 9.90. The van der Waals surface area contributed by atoms with E-state index in [1.165, 1.54) is 44.1 Å². The third-order valence-corrected chi connectivity index (χ3v) is 6.96. The Labute approximate surface area is 209 Å². The van der Waals surface area contributed by atoms with E-state index < -0.39 is 23.9 Å². The average Bonchev–Trinajstić information content (AvgIpc) is 3.20. The molecule has 2 unspecified atom stereocenters. The van der Waals surface area contributed by atoms with E-state index in [0.717, 1.165) is 17.3 Å². The molecule has 6 nitrogen and oxygen atoms in total. The normalized spacial score (nSPS) is 16.7. The van der Waals surface area contributed by atoms with Gasteiger partial charge in [0.1, 0.15) is 11.2 Å². The Kier molecular flexibility index (Phi) is 12.0. The summed E-state index contributed by atoms with van der Waals surface area (Å²) in [6, 6.07) is 1.60. The van der Waals surface area contributed by atoms with Crippen molar-refractivity contribution in [1.29, 1.82) is 0 Å². The Balaban J connectivity index is 0.000000700. The minimum Gasteiger partial charge on any atom is -0.477 e. The number of carbonyl (C=O) groups is 3. The van der Waals surface area contributed by atoms with Crippen molar-refractivity contribution < 1.29 is 24.2 Å². The van der Waals surface area contributed by atoms with Gasteiger partial charge in [-0.2, -0.15) is 0 Å². The minimum absolute atomic E-state index is 0.0187. The van der Waals surface area contributed by atoms with Gasteiger partial charge in [-0.15, -0.1) is 11.3 Å². The highest BCUT2D eigenvalue weighted by atomic mass is 32.1. The molecule has 1 saturated carbocycles. The van der Waals surface area contributed by atoms with Crippen LogP contribution in [0.15, 0.2) is 6.07 Å². The number of amides is 1. The van der Waals surface area contributed by atoms with Crippen molar-refractivity contribution in [3.8, 4) is 11.8 Å². The van der Waals surface area contributed by atoms with Crippen molar-refractivity contribution in [3.05, 3.63) is 21.4 Å². The molecule has 7 heteroatoms. The van der Waals surface area contributed by atoms with Crippen LogP contribution in [0.3, 0.4) is 0 Å². The molecule has 1 N–H and O–H groups in total. The smallest absolute Gasteiger partial charge is 0.346 e. The second kappa shape index (κ2) is 13.7. The lowest BCUT2D eigenvalue weighted by atomic mass is 9.82. The highest BCUT2D eigenvalue weighted by Gasteiger charge is 2.38. The molecule has 1 aromatic heterocycles. The maximum Gasteiger partial charge on any atom is 0.346 e. The van der Waals surface area contributed by atoms with Gasteiger partial charge >= 0.3 is 5.97 Å². The van der Waals surface area contributed by atoms with Gasteiger partial charge < -0.3 is 19.5 Å². The van der Waals surface area contributed by atoms with Crippen molar-refractivity contribution in [2.45, 2.75) is 78.7 Å². The molecular formula is C27H41NO5S. The highest BCUT2D eigenvalue weighted by molar-refractivity contribution is 7.14. The van der Waals surface area contributed by atoms with E-state index in [9.17, 15) is 19.5 Å². The maximum absolute atomic E-state index is 12.7. The van der Waals surface area contributed by atoms with E-state index >= 15 is 0 Å². The Morgan fingerprint density at radius 3 is 2.21 bits per heavy atom. The van der Waals surface area contributed by atoms with Crippen molar-refractivity contribution in [2.75, 3.05) is 21.2 Å². The van der Waals surface area contributed by atoms with E-state index in [1.54, 1.807) is 27.1 Å². The van der Waals surface area contributed by atoms with Crippen LogP contribution in [0.5, 0.6) is 0 Å². The van der Waals surface area contributed by atoms with E-state index in [-0.39, 0.29) is 16.2 Å². The Bertz CT molecular complexity index is 881. The lowest BCUT2D eigenvalue weighted by Gasteiger charge is -2.29. The van der Waals surface area contributed by atoms with E-state index in [2.05, 4.69) is 18.8 Å². The highest BCUT2D eigenvalue weighted by Crippen LogP contribution is 2.35.